The standard InChI is InChI=1S/C21H33N3O4.ClH/c1-6-24(7-2)18(25)14-28-16-11-9-10-15(12-16)23-19(26)21(22)13-17(27-8-3)20(21,4)5;/h9-12,17H,6-8,13-14,22H2,1-5H3,(H,23,26);1H. The molecule has 0 aliphatic heterocycles. The molecule has 8 heteroatoms. The quantitative estimate of drug-likeness (QED) is 0.632. The van der Waals surface area contributed by atoms with Crippen molar-refractivity contribution in [1.29, 1.82) is 0 Å². The summed E-state index contributed by atoms with van der Waals surface area (Å²) in [5, 5.41) is 2.88. The van der Waals surface area contributed by atoms with E-state index >= 15 is 0 Å². The van der Waals surface area contributed by atoms with E-state index in [9.17, 15) is 9.59 Å². The van der Waals surface area contributed by atoms with Gasteiger partial charge in [0, 0.05) is 43.3 Å². The van der Waals surface area contributed by atoms with Crippen LogP contribution in [0, 0.1) is 5.41 Å². The Labute approximate surface area is 179 Å². The van der Waals surface area contributed by atoms with Gasteiger partial charge >= 0.3 is 0 Å². The van der Waals surface area contributed by atoms with Crippen LogP contribution in [0.2, 0.25) is 0 Å². The van der Waals surface area contributed by atoms with Crippen LogP contribution >= 0.6 is 12.4 Å². The van der Waals surface area contributed by atoms with Crippen molar-refractivity contribution < 1.29 is 19.1 Å². The molecule has 1 saturated carbocycles. The molecular formula is C21H34ClN3O4. The van der Waals surface area contributed by atoms with E-state index in [-0.39, 0.29) is 36.9 Å². The molecule has 29 heavy (non-hydrogen) atoms. The minimum atomic E-state index is -0.998. The number of carbonyl (C=O) groups is 2. The normalized spacial score (nSPS) is 22.1. The van der Waals surface area contributed by atoms with Gasteiger partial charge in [-0.2, -0.15) is 0 Å². The predicted molar refractivity (Wildman–Crippen MR) is 116 cm³/mol. The molecule has 0 aromatic heterocycles. The molecule has 164 valence electrons. The van der Waals surface area contributed by atoms with E-state index in [0.29, 0.717) is 37.6 Å². The van der Waals surface area contributed by atoms with Crippen LogP contribution < -0.4 is 15.8 Å². The summed E-state index contributed by atoms with van der Waals surface area (Å²) in [6, 6.07) is 6.99. The summed E-state index contributed by atoms with van der Waals surface area (Å²) in [5.41, 5.74) is 5.54. The molecule has 0 radical (unpaired) electrons. The third-order valence-electron chi connectivity index (χ3n) is 5.81. The number of rotatable bonds is 9. The highest BCUT2D eigenvalue weighted by atomic mass is 35.5. The molecule has 0 heterocycles. The molecule has 1 fully saturated rings. The van der Waals surface area contributed by atoms with Gasteiger partial charge in [-0.1, -0.05) is 19.9 Å². The lowest BCUT2D eigenvalue weighted by molar-refractivity contribution is -0.166. The SMILES string of the molecule is CCOC1CC(N)(C(=O)Nc2cccc(OCC(=O)N(CC)CC)c2)C1(C)C.Cl. The van der Waals surface area contributed by atoms with Gasteiger partial charge in [-0.05, 0) is 32.9 Å². The third-order valence-corrected chi connectivity index (χ3v) is 5.81. The summed E-state index contributed by atoms with van der Waals surface area (Å²) in [7, 11) is 0. The summed E-state index contributed by atoms with van der Waals surface area (Å²) in [6.07, 6.45) is 0.447. The van der Waals surface area contributed by atoms with E-state index in [0.717, 1.165) is 0 Å². The first-order chi connectivity index (χ1) is 13.2. The van der Waals surface area contributed by atoms with Gasteiger partial charge in [0.1, 0.15) is 11.3 Å². The second-order valence-corrected chi connectivity index (χ2v) is 7.68. The van der Waals surface area contributed by atoms with E-state index in [1.54, 1.807) is 29.2 Å². The highest BCUT2D eigenvalue weighted by molar-refractivity contribution is 5.99. The molecule has 2 atom stereocenters. The van der Waals surface area contributed by atoms with Gasteiger partial charge < -0.3 is 25.4 Å². The summed E-state index contributed by atoms with van der Waals surface area (Å²) in [4.78, 5) is 26.6. The molecule has 1 aromatic rings. The van der Waals surface area contributed by atoms with Crippen molar-refractivity contribution in [2.45, 2.75) is 52.7 Å². The molecule has 0 spiro atoms. The number of nitrogens with one attached hydrogen (secondary N) is 1. The maximum Gasteiger partial charge on any atom is 0.260 e. The van der Waals surface area contributed by atoms with E-state index < -0.39 is 11.0 Å². The fraction of sp³-hybridized carbons (Fsp3) is 0.619. The number of halogens is 1. The average molecular weight is 428 g/mol. The number of nitrogens with two attached hydrogens (primary N) is 1. The Morgan fingerprint density at radius 2 is 1.90 bits per heavy atom. The third kappa shape index (κ3) is 5.21. The Bertz CT molecular complexity index is 709. The summed E-state index contributed by atoms with van der Waals surface area (Å²) < 4.78 is 11.3. The second kappa shape index (κ2) is 10.3. The molecule has 2 unspecified atom stereocenters. The van der Waals surface area contributed by atoms with Crippen molar-refractivity contribution >= 4 is 29.9 Å². The molecule has 0 saturated heterocycles. The predicted octanol–water partition coefficient (Wildman–Crippen LogP) is 2.83. The molecule has 2 rings (SSSR count). The molecule has 1 aliphatic rings. The first kappa shape index (κ1) is 25.2. The second-order valence-electron chi connectivity index (χ2n) is 7.68. The molecule has 1 aliphatic carbocycles. The van der Waals surface area contributed by atoms with Crippen LogP contribution in [0.4, 0.5) is 5.69 Å². The van der Waals surface area contributed by atoms with Gasteiger partial charge in [0.2, 0.25) is 5.91 Å². The van der Waals surface area contributed by atoms with Crippen LogP contribution in [0.3, 0.4) is 0 Å². The maximum absolute atomic E-state index is 12.8. The van der Waals surface area contributed by atoms with Crippen LogP contribution in [-0.2, 0) is 14.3 Å². The monoisotopic (exact) mass is 427 g/mol. The van der Waals surface area contributed by atoms with E-state index in [4.69, 9.17) is 15.2 Å². The summed E-state index contributed by atoms with van der Waals surface area (Å²) in [6.45, 7) is 11.5. The zero-order valence-corrected chi connectivity index (χ0v) is 18.8. The van der Waals surface area contributed by atoms with Crippen molar-refractivity contribution in [3.63, 3.8) is 0 Å². The van der Waals surface area contributed by atoms with Crippen molar-refractivity contribution in [3.8, 4) is 5.75 Å². The minimum Gasteiger partial charge on any atom is -0.484 e. The highest BCUT2D eigenvalue weighted by Gasteiger charge is 2.62. The smallest absolute Gasteiger partial charge is 0.260 e. The fourth-order valence-corrected chi connectivity index (χ4v) is 3.54. The van der Waals surface area contributed by atoms with Crippen LogP contribution in [-0.4, -0.2) is 54.7 Å². The van der Waals surface area contributed by atoms with Gasteiger partial charge in [0.05, 0.1) is 6.10 Å². The Balaban J connectivity index is 0.00000420. The van der Waals surface area contributed by atoms with Crippen molar-refractivity contribution in [3.05, 3.63) is 24.3 Å². The number of hydrogen-bond donors (Lipinski definition) is 2. The van der Waals surface area contributed by atoms with Gasteiger partial charge in [0.15, 0.2) is 6.61 Å². The van der Waals surface area contributed by atoms with Crippen molar-refractivity contribution in [2.75, 3.05) is 31.6 Å². The minimum absolute atomic E-state index is 0. The van der Waals surface area contributed by atoms with Crippen molar-refractivity contribution in [1.82, 2.24) is 4.90 Å². The first-order valence-electron chi connectivity index (χ1n) is 9.92. The fourth-order valence-electron chi connectivity index (χ4n) is 3.54. The number of ether oxygens (including phenoxy) is 2. The van der Waals surface area contributed by atoms with Gasteiger partial charge in [0.25, 0.3) is 5.91 Å². The van der Waals surface area contributed by atoms with Crippen LogP contribution in [0.25, 0.3) is 0 Å². The van der Waals surface area contributed by atoms with Crippen LogP contribution in [0.1, 0.15) is 41.0 Å². The van der Waals surface area contributed by atoms with Crippen molar-refractivity contribution in [2.24, 2.45) is 11.1 Å². The Kier molecular flexibility index (Phi) is 8.93. The summed E-state index contributed by atoms with van der Waals surface area (Å²) in [5.74, 6) is 0.202. The number of carbonyl (C=O) groups excluding carboxylic acids is 2. The number of likely N-dealkylation sites (N-methyl/N-ethyl adjacent to an activating group) is 1. The number of benzene rings is 1. The molecule has 0 bridgehead atoms. The van der Waals surface area contributed by atoms with Gasteiger partial charge in [-0.3, -0.25) is 9.59 Å². The van der Waals surface area contributed by atoms with E-state index in [1.165, 1.54) is 0 Å². The zero-order valence-electron chi connectivity index (χ0n) is 18.0. The largest absolute Gasteiger partial charge is 0.484 e. The topological polar surface area (TPSA) is 93.9 Å². The molecule has 2 amide bonds. The molecular weight excluding hydrogens is 394 g/mol. The number of nitrogens with zero attached hydrogens (tertiary/aromatic N) is 1. The molecule has 7 nitrogen and oxygen atoms in total. The lowest BCUT2D eigenvalue weighted by atomic mass is 9.54. The Morgan fingerprint density at radius 3 is 2.45 bits per heavy atom. The number of hydrogen-bond acceptors (Lipinski definition) is 5. The average Bonchev–Trinajstić information content (AvgIpc) is 2.67. The number of anilines is 1. The lowest BCUT2D eigenvalue weighted by Gasteiger charge is -2.57. The summed E-state index contributed by atoms with van der Waals surface area (Å²) >= 11 is 0. The van der Waals surface area contributed by atoms with E-state index in [1.807, 2.05) is 34.6 Å². The molecule has 1 aromatic carbocycles. The van der Waals surface area contributed by atoms with E-state index in [2.05, 4.69) is 5.32 Å². The molecule has 3 N–H and O–H groups in total. The first-order valence-corrected chi connectivity index (χ1v) is 9.92. The maximum atomic E-state index is 12.8. The van der Waals surface area contributed by atoms with Crippen LogP contribution in [0.5, 0.6) is 5.75 Å². The Morgan fingerprint density at radius 1 is 1.24 bits per heavy atom. The lowest BCUT2D eigenvalue weighted by Crippen LogP contribution is -2.74. The van der Waals surface area contributed by atoms with Gasteiger partial charge in [-0.15, -0.1) is 12.4 Å². The highest BCUT2D eigenvalue weighted by Crippen LogP contribution is 2.50. The number of amides is 2. The zero-order chi connectivity index (χ0) is 20.9. The van der Waals surface area contributed by atoms with Gasteiger partial charge in [-0.25, -0.2) is 0 Å². The Hall–Kier alpha value is -1.83. The van der Waals surface area contributed by atoms with Crippen LogP contribution in [0.15, 0.2) is 24.3 Å².